The summed E-state index contributed by atoms with van der Waals surface area (Å²) in [5.74, 6) is -6.98. The van der Waals surface area contributed by atoms with Crippen molar-refractivity contribution < 1.29 is 67.8 Å². The molecule has 12 atom stereocenters. The number of hydrogen-bond acceptors (Lipinski definition) is 14. The SMILES string of the molecule is CC(=O)O[C@H]1C(=O)[C@@]2(C)[C@H]([C@H](OC(=O)c3ccccc3)[C@]3(O)C[C@H](OC(=O)[C@H](O)[C@@H](NC(=O)c4ccccc4)c4ccccc4)C(C)=C1C3(C)C)[C@]1(OC(C)=O)CO[C@@H]1[C@@H](Br)[C@@H]2O. The third-order valence-corrected chi connectivity index (χ3v) is 14.5. The zero-order valence-electron chi connectivity index (χ0n) is 35.5. The number of alkyl halides is 1. The topological polar surface area (TPSA) is 221 Å². The maximum Gasteiger partial charge on any atom is 0.338 e. The van der Waals surface area contributed by atoms with Crippen molar-refractivity contribution in [3.05, 3.63) is 119 Å². The summed E-state index contributed by atoms with van der Waals surface area (Å²) in [4.78, 5) is 82.8. The van der Waals surface area contributed by atoms with Crippen LogP contribution in [0.5, 0.6) is 0 Å². The highest BCUT2D eigenvalue weighted by Crippen LogP contribution is 2.65. The Labute approximate surface area is 372 Å². The number of carbonyl (C=O) groups excluding carboxylic acids is 6. The molecule has 3 aromatic carbocycles. The van der Waals surface area contributed by atoms with Crippen LogP contribution >= 0.6 is 15.9 Å². The fourth-order valence-electron chi connectivity index (χ4n) is 10.2. The highest BCUT2D eigenvalue weighted by atomic mass is 79.9. The van der Waals surface area contributed by atoms with E-state index in [1.807, 2.05) is 0 Å². The summed E-state index contributed by atoms with van der Waals surface area (Å²) in [5.41, 5.74) is -7.27. The van der Waals surface area contributed by atoms with E-state index < -0.39 is 117 Å². The summed E-state index contributed by atoms with van der Waals surface area (Å²) in [6.07, 6.45) is -10.6. The summed E-state index contributed by atoms with van der Waals surface area (Å²) < 4.78 is 30.4. The molecule has 1 saturated heterocycles. The second kappa shape index (κ2) is 17.0. The Kier molecular flexibility index (Phi) is 12.4. The van der Waals surface area contributed by atoms with Crippen LogP contribution in [0.4, 0.5) is 0 Å². The minimum absolute atomic E-state index is 0.0204. The molecule has 2 bridgehead atoms. The van der Waals surface area contributed by atoms with Crippen molar-refractivity contribution in [2.75, 3.05) is 6.61 Å². The highest BCUT2D eigenvalue weighted by Gasteiger charge is 2.80. The fourth-order valence-corrected chi connectivity index (χ4v) is 11.4. The van der Waals surface area contributed by atoms with Gasteiger partial charge in [-0.05, 0) is 54.8 Å². The van der Waals surface area contributed by atoms with Gasteiger partial charge in [-0.25, -0.2) is 9.59 Å². The number of Topliss-reactive ketones (excluding diaryl/α,β-unsaturated/α-hetero) is 1. The molecule has 3 fully saturated rings. The number of aliphatic hydroxyl groups is 3. The van der Waals surface area contributed by atoms with E-state index in [9.17, 15) is 39.3 Å². The zero-order chi connectivity index (χ0) is 45.8. The molecule has 3 aliphatic carbocycles. The van der Waals surface area contributed by atoms with Crippen molar-refractivity contribution in [1.82, 2.24) is 5.32 Å². The lowest BCUT2D eigenvalue weighted by molar-refractivity contribution is -0.342. The molecular formula is C47H50BrNO14. The Morgan fingerprint density at radius 1 is 0.841 bits per heavy atom. The zero-order valence-corrected chi connectivity index (χ0v) is 37.1. The molecule has 0 unspecified atom stereocenters. The van der Waals surface area contributed by atoms with E-state index in [4.69, 9.17) is 23.7 Å². The first-order valence-electron chi connectivity index (χ1n) is 20.5. The average Bonchev–Trinajstić information content (AvgIpc) is 3.24. The van der Waals surface area contributed by atoms with Crippen molar-refractivity contribution >= 4 is 51.5 Å². The van der Waals surface area contributed by atoms with Gasteiger partial charge in [-0.15, -0.1) is 0 Å². The van der Waals surface area contributed by atoms with Crippen molar-refractivity contribution in [3.8, 4) is 0 Å². The number of aliphatic hydroxyl groups excluding tert-OH is 2. The van der Waals surface area contributed by atoms with Crippen LogP contribution in [0, 0.1) is 16.7 Å². The highest BCUT2D eigenvalue weighted by molar-refractivity contribution is 9.09. The third-order valence-electron chi connectivity index (χ3n) is 13.5. The number of fused-ring (bicyclic) bond motifs is 5. The molecule has 0 spiro atoms. The van der Waals surface area contributed by atoms with Gasteiger partial charge in [-0.3, -0.25) is 19.2 Å². The maximum atomic E-state index is 15.6. The van der Waals surface area contributed by atoms with Crippen LogP contribution in [-0.4, -0.2) is 110 Å². The Hall–Kier alpha value is -5.26. The Bertz CT molecular complexity index is 2320. The number of halogens is 1. The second-order valence-corrected chi connectivity index (χ2v) is 18.5. The number of amides is 1. The first-order chi connectivity index (χ1) is 29.7. The average molecular weight is 933 g/mol. The number of nitrogens with one attached hydrogen (secondary N) is 1. The molecule has 1 amide bonds. The van der Waals surface area contributed by atoms with Crippen LogP contribution in [-0.2, 0) is 42.9 Å². The van der Waals surface area contributed by atoms with Crippen LogP contribution in [0.2, 0.25) is 0 Å². The minimum atomic E-state index is -2.42. The lowest BCUT2D eigenvalue weighted by Gasteiger charge is -2.68. The normalized spacial score (nSPS) is 32.7. The molecule has 63 heavy (non-hydrogen) atoms. The number of ether oxygens (including phenoxy) is 5. The van der Waals surface area contributed by atoms with E-state index in [-0.39, 0.29) is 28.9 Å². The van der Waals surface area contributed by atoms with Gasteiger partial charge >= 0.3 is 23.9 Å². The number of hydrogen-bond donors (Lipinski definition) is 4. The smallest absolute Gasteiger partial charge is 0.338 e. The largest absolute Gasteiger partial charge is 0.456 e. The second-order valence-electron chi connectivity index (χ2n) is 17.4. The number of esters is 4. The number of carbonyl (C=O) groups is 6. The molecule has 7 rings (SSSR count). The third kappa shape index (κ3) is 7.58. The molecule has 0 aromatic heterocycles. The first kappa shape index (κ1) is 45.8. The van der Waals surface area contributed by atoms with E-state index in [1.165, 1.54) is 26.0 Å². The van der Waals surface area contributed by atoms with Gasteiger partial charge in [-0.1, -0.05) is 96.5 Å². The van der Waals surface area contributed by atoms with Crippen LogP contribution in [0.25, 0.3) is 0 Å². The van der Waals surface area contributed by atoms with Crippen LogP contribution < -0.4 is 5.32 Å². The summed E-state index contributed by atoms with van der Waals surface area (Å²) >= 11 is 3.48. The number of rotatable bonds is 10. The number of benzene rings is 3. The predicted octanol–water partition coefficient (Wildman–Crippen LogP) is 4.11. The lowest BCUT2D eigenvalue weighted by atomic mass is 9.44. The Morgan fingerprint density at radius 3 is 1.95 bits per heavy atom. The molecular weight excluding hydrogens is 882 g/mol. The molecule has 1 heterocycles. The van der Waals surface area contributed by atoms with Crippen LogP contribution in [0.15, 0.2) is 102 Å². The van der Waals surface area contributed by atoms with Gasteiger partial charge in [0.15, 0.2) is 23.6 Å². The van der Waals surface area contributed by atoms with Gasteiger partial charge in [-0.2, -0.15) is 0 Å². The summed E-state index contributed by atoms with van der Waals surface area (Å²) in [6, 6.07) is 22.9. The van der Waals surface area contributed by atoms with Gasteiger partial charge in [0.05, 0.1) is 40.5 Å². The minimum Gasteiger partial charge on any atom is -0.456 e. The molecule has 15 nitrogen and oxygen atoms in total. The van der Waals surface area contributed by atoms with Gasteiger partial charge in [0.1, 0.15) is 23.9 Å². The number of ketones is 1. The summed E-state index contributed by atoms with van der Waals surface area (Å²) in [5, 5.41) is 40.5. The molecule has 16 heteroatoms. The molecule has 2 saturated carbocycles. The van der Waals surface area contributed by atoms with Gasteiger partial charge in [0, 0.05) is 31.2 Å². The van der Waals surface area contributed by atoms with E-state index in [1.54, 1.807) is 92.7 Å². The standard InChI is InChI=1S/C47H50BrNO14/c1-24-30(61-43(57)34(52)33(27-16-10-7-11-17-27)49-41(55)28-18-12-8-13-19-28)22-47(58)40(62-42(56)29-20-14-9-15-21-29)36-45(6,38(54)35(60-25(2)50)31(24)44(47,4)5)37(53)32(48)39-46(36,23-59-39)63-26(3)51/h7-21,30,32-37,39-40,52-53,58H,22-23H2,1-6H3,(H,49,55)/t30-,32-,33-,34+,35+,36-,37-,39+,40-,45-,46+,47+/m0/s1. The van der Waals surface area contributed by atoms with E-state index in [2.05, 4.69) is 21.2 Å². The van der Waals surface area contributed by atoms with E-state index >= 15 is 4.79 Å². The summed E-state index contributed by atoms with van der Waals surface area (Å²) in [7, 11) is 0. The van der Waals surface area contributed by atoms with Crippen molar-refractivity contribution in [1.29, 1.82) is 0 Å². The summed E-state index contributed by atoms with van der Waals surface area (Å²) in [6.45, 7) is 7.88. The quantitative estimate of drug-likeness (QED) is 0.0974. The Balaban J connectivity index is 1.40. The Morgan fingerprint density at radius 2 is 1.41 bits per heavy atom. The monoisotopic (exact) mass is 931 g/mol. The molecule has 334 valence electrons. The molecule has 1 aliphatic heterocycles. The lowest BCUT2D eigenvalue weighted by Crippen LogP contribution is -2.84. The van der Waals surface area contributed by atoms with Crippen LogP contribution in [0.3, 0.4) is 0 Å². The van der Waals surface area contributed by atoms with E-state index in [0.29, 0.717) is 5.56 Å². The molecule has 4 N–H and O–H groups in total. The van der Waals surface area contributed by atoms with Crippen LogP contribution in [0.1, 0.15) is 80.3 Å². The molecule has 0 radical (unpaired) electrons. The molecule has 4 aliphatic rings. The fraction of sp³-hybridized carbons (Fsp3) is 0.447. The van der Waals surface area contributed by atoms with Gasteiger partial charge in [0.2, 0.25) is 0 Å². The molecule has 3 aromatic rings. The first-order valence-corrected chi connectivity index (χ1v) is 21.5. The van der Waals surface area contributed by atoms with Gasteiger partial charge < -0.3 is 44.3 Å². The van der Waals surface area contributed by atoms with Crippen molar-refractivity contribution in [2.24, 2.45) is 16.7 Å². The van der Waals surface area contributed by atoms with Gasteiger partial charge in [0.25, 0.3) is 5.91 Å². The predicted molar refractivity (Wildman–Crippen MR) is 226 cm³/mol. The van der Waals surface area contributed by atoms with Crippen molar-refractivity contribution in [2.45, 2.75) is 107 Å². The maximum absolute atomic E-state index is 15.6. The van der Waals surface area contributed by atoms with Crippen molar-refractivity contribution in [3.63, 3.8) is 0 Å². The van der Waals surface area contributed by atoms with E-state index in [0.717, 1.165) is 13.8 Å².